The Labute approximate surface area is 129 Å². The van der Waals surface area contributed by atoms with Crippen LogP contribution in [-0.4, -0.2) is 10.7 Å². The molecular formula is C15H12BrNO4. The largest absolute Gasteiger partial charge is 0.456 e. The Bertz CT molecular complexity index is 700. The van der Waals surface area contributed by atoms with E-state index in [1.807, 2.05) is 0 Å². The summed E-state index contributed by atoms with van der Waals surface area (Å²) in [6.45, 7) is 1.77. The number of para-hydroxylation sites is 1. The number of benzene rings is 2. The van der Waals surface area contributed by atoms with Gasteiger partial charge in [-0.1, -0.05) is 35.0 Å². The first kappa shape index (κ1) is 15.2. The van der Waals surface area contributed by atoms with Crippen LogP contribution in [0.2, 0.25) is 0 Å². The number of nitrogens with zero attached hydrogens (tertiary/aromatic N) is 1. The van der Waals surface area contributed by atoms with E-state index >= 15 is 0 Å². The smallest absolute Gasteiger partial charge is 0.274 e. The highest BCUT2D eigenvalue weighted by Gasteiger charge is 2.14. The number of nitro groups is 1. The molecular weight excluding hydrogens is 338 g/mol. The first-order valence-electron chi connectivity index (χ1n) is 6.26. The molecule has 5 nitrogen and oxygen atoms in total. The Morgan fingerprint density at radius 1 is 1.29 bits per heavy atom. The van der Waals surface area contributed by atoms with E-state index in [-0.39, 0.29) is 11.5 Å². The van der Waals surface area contributed by atoms with Crippen molar-refractivity contribution >= 4 is 27.4 Å². The number of carbonyl (C=O) groups is 1. The van der Waals surface area contributed by atoms with Crippen LogP contribution in [0.25, 0.3) is 0 Å². The molecule has 0 bridgehead atoms. The molecule has 2 aromatic carbocycles. The van der Waals surface area contributed by atoms with Gasteiger partial charge in [-0.05, 0) is 18.2 Å². The normalized spacial score (nSPS) is 10.2. The van der Waals surface area contributed by atoms with Crippen molar-refractivity contribution in [1.29, 1.82) is 0 Å². The van der Waals surface area contributed by atoms with Gasteiger partial charge < -0.3 is 4.74 Å². The van der Waals surface area contributed by atoms with Crippen LogP contribution in [0.1, 0.15) is 23.7 Å². The fourth-order valence-corrected chi connectivity index (χ4v) is 2.28. The van der Waals surface area contributed by atoms with Crippen molar-refractivity contribution in [3.8, 4) is 11.5 Å². The second-order valence-corrected chi connectivity index (χ2v) is 5.19. The molecule has 0 aromatic heterocycles. The molecule has 0 aliphatic heterocycles. The summed E-state index contributed by atoms with van der Waals surface area (Å²) in [6.07, 6.45) is 0.360. The van der Waals surface area contributed by atoms with Gasteiger partial charge in [0.15, 0.2) is 5.78 Å². The molecule has 0 radical (unpaired) electrons. The molecule has 0 saturated carbocycles. The van der Waals surface area contributed by atoms with Gasteiger partial charge in [0, 0.05) is 17.0 Å². The SMILES string of the molecule is CCC(=O)c1ccccc1Oc1cc(Br)cc([N+](=O)[O-])c1. The van der Waals surface area contributed by atoms with E-state index in [0.717, 1.165) is 0 Å². The van der Waals surface area contributed by atoms with Gasteiger partial charge in [0.2, 0.25) is 0 Å². The Morgan fingerprint density at radius 2 is 2.00 bits per heavy atom. The number of non-ortho nitro benzene ring substituents is 1. The zero-order chi connectivity index (χ0) is 15.4. The summed E-state index contributed by atoms with van der Waals surface area (Å²) in [5, 5.41) is 10.9. The van der Waals surface area contributed by atoms with Crippen LogP contribution in [0.4, 0.5) is 5.69 Å². The van der Waals surface area contributed by atoms with Crippen molar-refractivity contribution < 1.29 is 14.5 Å². The molecule has 0 aliphatic rings. The van der Waals surface area contributed by atoms with Crippen molar-refractivity contribution in [1.82, 2.24) is 0 Å². The molecule has 0 atom stereocenters. The predicted octanol–water partition coefficient (Wildman–Crippen LogP) is 4.74. The van der Waals surface area contributed by atoms with Gasteiger partial charge in [0.25, 0.3) is 5.69 Å². The minimum Gasteiger partial charge on any atom is -0.456 e. The predicted molar refractivity (Wildman–Crippen MR) is 81.9 cm³/mol. The molecule has 2 aromatic rings. The van der Waals surface area contributed by atoms with Crippen LogP contribution in [0.15, 0.2) is 46.9 Å². The highest BCUT2D eigenvalue weighted by atomic mass is 79.9. The van der Waals surface area contributed by atoms with Crippen LogP contribution in [0.3, 0.4) is 0 Å². The third kappa shape index (κ3) is 3.66. The summed E-state index contributed by atoms with van der Waals surface area (Å²) in [7, 11) is 0. The van der Waals surface area contributed by atoms with Crippen molar-refractivity contribution in [3.63, 3.8) is 0 Å². The van der Waals surface area contributed by atoms with Crippen molar-refractivity contribution in [2.45, 2.75) is 13.3 Å². The fourth-order valence-electron chi connectivity index (χ4n) is 1.82. The van der Waals surface area contributed by atoms with E-state index < -0.39 is 4.92 Å². The summed E-state index contributed by atoms with van der Waals surface area (Å²) in [5.41, 5.74) is 0.376. The van der Waals surface area contributed by atoms with Crippen LogP contribution < -0.4 is 4.74 Å². The lowest BCUT2D eigenvalue weighted by Crippen LogP contribution is -2.00. The van der Waals surface area contributed by atoms with Gasteiger partial charge in [-0.15, -0.1) is 0 Å². The molecule has 2 rings (SSSR count). The first-order chi connectivity index (χ1) is 10.0. The first-order valence-corrected chi connectivity index (χ1v) is 7.05. The minimum atomic E-state index is -0.499. The highest BCUT2D eigenvalue weighted by molar-refractivity contribution is 9.10. The number of halogens is 1. The summed E-state index contributed by atoms with van der Waals surface area (Å²) in [6, 6.07) is 11.1. The Hall–Kier alpha value is -2.21. The number of ether oxygens (including phenoxy) is 1. The average Bonchev–Trinajstić information content (AvgIpc) is 2.46. The number of hydrogen-bond acceptors (Lipinski definition) is 4. The second-order valence-electron chi connectivity index (χ2n) is 4.28. The molecule has 0 saturated heterocycles. The summed E-state index contributed by atoms with van der Waals surface area (Å²) < 4.78 is 6.18. The molecule has 0 amide bonds. The molecule has 0 unspecified atom stereocenters. The maximum atomic E-state index is 11.9. The van der Waals surface area contributed by atoms with E-state index in [0.29, 0.717) is 28.0 Å². The van der Waals surface area contributed by atoms with Crippen molar-refractivity contribution in [2.75, 3.05) is 0 Å². The van der Waals surface area contributed by atoms with Gasteiger partial charge in [0.1, 0.15) is 11.5 Å². The quantitative estimate of drug-likeness (QED) is 0.444. The number of carbonyl (C=O) groups excluding carboxylic acids is 1. The van der Waals surface area contributed by atoms with E-state index in [2.05, 4.69) is 15.9 Å². The summed E-state index contributed by atoms with van der Waals surface area (Å²) >= 11 is 3.20. The van der Waals surface area contributed by atoms with Crippen LogP contribution in [-0.2, 0) is 0 Å². The van der Waals surface area contributed by atoms with E-state index in [1.165, 1.54) is 12.1 Å². The van der Waals surface area contributed by atoms with Crippen LogP contribution in [0.5, 0.6) is 11.5 Å². The molecule has 0 heterocycles. The topological polar surface area (TPSA) is 69.4 Å². The molecule has 0 aliphatic carbocycles. The molecule has 0 spiro atoms. The lowest BCUT2D eigenvalue weighted by atomic mass is 10.1. The Balaban J connectivity index is 2.39. The average molecular weight is 350 g/mol. The standard InChI is InChI=1S/C15H12BrNO4/c1-2-14(18)13-5-3-4-6-15(13)21-12-8-10(16)7-11(9-12)17(19)20/h3-9H,2H2,1H3. The number of rotatable bonds is 5. The molecule has 108 valence electrons. The lowest BCUT2D eigenvalue weighted by molar-refractivity contribution is -0.385. The van der Waals surface area contributed by atoms with Gasteiger partial charge in [-0.25, -0.2) is 0 Å². The molecule has 0 fully saturated rings. The zero-order valence-electron chi connectivity index (χ0n) is 11.2. The maximum absolute atomic E-state index is 11.9. The third-order valence-electron chi connectivity index (χ3n) is 2.80. The van der Waals surface area contributed by atoms with E-state index in [4.69, 9.17) is 4.74 Å². The maximum Gasteiger partial charge on any atom is 0.274 e. The van der Waals surface area contributed by atoms with Crippen molar-refractivity contribution in [3.05, 3.63) is 62.6 Å². The Morgan fingerprint density at radius 3 is 2.67 bits per heavy atom. The third-order valence-corrected chi connectivity index (χ3v) is 3.26. The fraction of sp³-hybridized carbons (Fsp3) is 0.133. The molecule has 0 N–H and O–H groups in total. The number of Topliss-reactive ketones (excluding diaryl/α,β-unsaturated/α-hetero) is 1. The van der Waals surface area contributed by atoms with E-state index in [1.54, 1.807) is 37.3 Å². The second kappa shape index (κ2) is 6.49. The highest BCUT2D eigenvalue weighted by Crippen LogP contribution is 2.31. The zero-order valence-corrected chi connectivity index (χ0v) is 12.8. The van der Waals surface area contributed by atoms with Gasteiger partial charge in [0.05, 0.1) is 16.6 Å². The van der Waals surface area contributed by atoms with Gasteiger partial charge >= 0.3 is 0 Å². The lowest BCUT2D eigenvalue weighted by Gasteiger charge is -2.10. The van der Waals surface area contributed by atoms with Crippen molar-refractivity contribution in [2.24, 2.45) is 0 Å². The molecule has 6 heteroatoms. The van der Waals surface area contributed by atoms with Gasteiger partial charge in [-0.2, -0.15) is 0 Å². The van der Waals surface area contributed by atoms with Crippen LogP contribution in [0, 0.1) is 10.1 Å². The van der Waals surface area contributed by atoms with Crippen LogP contribution >= 0.6 is 15.9 Å². The monoisotopic (exact) mass is 349 g/mol. The van der Waals surface area contributed by atoms with Gasteiger partial charge in [-0.3, -0.25) is 14.9 Å². The number of nitro benzene ring substituents is 1. The number of hydrogen-bond donors (Lipinski definition) is 0. The Kier molecular flexibility index (Phi) is 4.70. The number of ketones is 1. The molecule has 21 heavy (non-hydrogen) atoms. The van der Waals surface area contributed by atoms with E-state index in [9.17, 15) is 14.9 Å². The summed E-state index contributed by atoms with van der Waals surface area (Å²) in [5.74, 6) is 0.638. The minimum absolute atomic E-state index is 0.0462. The summed E-state index contributed by atoms with van der Waals surface area (Å²) in [4.78, 5) is 22.2.